The first kappa shape index (κ1) is 16.5. The van der Waals surface area contributed by atoms with Crippen LogP contribution in [0.2, 0.25) is 0 Å². The van der Waals surface area contributed by atoms with E-state index in [1.165, 1.54) is 6.07 Å². The van der Waals surface area contributed by atoms with Crippen LogP contribution in [0.15, 0.2) is 18.2 Å². The second kappa shape index (κ2) is 6.48. The molecule has 0 N–H and O–H groups in total. The Morgan fingerprint density at radius 2 is 2.10 bits per heavy atom. The Kier molecular flexibility index (Phi) is 5.09. The molecule has 1 heterocycles. The fraction of sp³-hybridized carbons (Fsp3) is 0.500. The van der Waals surface area contributed by atoms with E-state index < -0.39 is 11.7 Å². The van der Waals surface area contributed by atoms with E-state index in [9.17, 15) is 13.2 Å². The minimum atomic E-state index is -4.36. The average Bonchev–Trinajstić information content (AvgIpc) is 2.81. The van der Waals surface area contributed by atoms with Crippen molar-refractivity contribution < 1.29 is 13.2 Å². The van der Waals surface area contributed by atoms with Crippen molar-refractivity contribution >= 4 is 34.4 Å². The molecule has 0 saturated heterocycles. The third-order valence-corrected chi connectivity index (χ3v) is 4.58. The van der Waals surface area contributed by atoms with E-state index in [1.807, 2.05) is 11.5 Å². The topological polar surface area (TPSA) is 17.8 Å². The Labute approximate surface area is 130 Å². The van der Waals surface area contributed by atoms with Crippen molar-refractivity contribution in [1.82, 2.24) is 9.55 Å². The first-order valence-electron chi connectivity index (χ1n) is 6.60. The van der Waals surface area contributed by atoms with E-state index in [4.69, 9.17) is 11.6 Å². The van der Waals surface area contributed by atoms with Crippen molar-refractivity contribution in [3.05, 3.63) is 29.6 Å². The number of hydrogen-bond acceptors (Lipinski definition) is 2. The van der Waals surface area contributed by atoms with Crippen LogP contribution in [0.5, 0.6) is 0 Å². The first-order valence-corrected chi connectivity index (χ1v) is 8.29. The van der Waals surface area contributed by atoms with Gasteiger partial charge in [-0.25, -0.2) is 4.98 Å². The fourth-order valence-corrected chi connectivity index (χ4v) is 3.19. The Balaban J connectivity index is 2.49. The van der Waals surface area contributed by atoms with Gasteiger partial charge in [-0.1, -0.05) is 6.92 Å². The molecular weight excluding hydrogens is 321 g/mol. The van der Waals surface area contributed by atoms with Gasteiger partial charge in [0, 0.05) is 11.8 Å². The zero-order valence-electron chi connectivity index (χ0n) is 11.7. The highest BCUT2D eigenvalue weighted by Crippen LogP contribution is 2.32. The number of alkyl halides is 4. The smallest absolute Gasteiger partial charge is 0.323 e. The molecule has 0 radical (unpaired) electrons. The van der Waals surface area contributed by atoms with Crippen LogP contribution in [0.3, 0.4) is 0 Å². The SMILES string of the molecule is CCSCC(C)n1c(CCl)nc2cc(C(F)(F)F)ccc21. The van der Waals surface area contributed by atoms with Gasteiger partial charge in [-0.2, -0.15) is 24.9 Å². The Bertz CT molecular complexity index is 624. The number of imidazole rings is 1. The number of halogens is 4. The second-order valence-corrected chi connectivity index (χ2v) is 6.33. The van der Waals surface area contributed by atoms with Gasteiger partial charge < -0.3 is 4.57 Å². The van der Waals surface area contributed by atoms with Crippen molar-refractivity contribution in [2.24, 2.45) is 0 Å². The molecule has 0 aliphatic carbocycles. The Morgan fingerprint density at radius 3 is 2.67 bits per heavy atom. The third-order valence-electron chi connectivity index (χ3n) is 3.21. The average molecular weight is 337 g/mol. The number of hydrogen-bond donors (Lipinski definition) is 0. The van der Waals surface area contributed by atoms with Crippen LogP contribution >= 0.6 is 23.4 Å². The van der Waals surface area contributed by atoms with Crippen LogP contribution in [0, 0.1) is 0 Å². The van der Waals surface area contributed by atoms with Crippen LogP contribution < -0.4 is 0 Å². The van der Waals surface area contributed by atoms with E-state index in [0.29, 0.717) is 16.9 Å². The van der Waals surface area contributed by atoms with Gasteiger partial charge in [0.15, 0.2) is 0 Å². The molecule has 0 amide bonds. The number of benzene rings is 1. The largest absolute Gasteiger partial charge is 0.416 e. The fourth-order valence-electron chi connectivity index (χ4n) is 2.27. The lowest BCUT2D eigenvalue weighted by molar-refractivity contribution is -0.137. The summed E-state index contributed by atoms with van der Waals surface area (Å²) in [5, 5.41) is 0. The standard InChI is InChI=1S/C14H16ClF3N2S/c1-3-21-8-9(2)20-12-5-4-10(14(16,17)18)6-11(12)19-13(20)7-15/h4-6,9H,3,7-8H2,1-2H3. The van der Waals surface area contributed by atoms with Crippen LogP contribution in [-0.2, 0) is 12.1 Å². The zero-order chi connectivity index (χ0) is 15.6. The van der Waals surface area contributed by atoms with E-state index in [0.717, 1.165) is 23.6 Å². The molecule has 1 aromatic carbocycles. The number of aromatic nitrogens is 2. The van der Waals surface area contributed by atoms with Crippen LogP contribution in [0.1, 0.15) is 31.3 Å². The molecule has 7 heteroatoms. The summed E-state index contributed by atoms with van der Waals surface area (Å²) >= 11 is 7.68. The van der Waals surface area contributed by atoms with E-state index in [2.05, 4.69) is 11.9 Å². The molecular formula is C14H16ClF3N2S. The molecule has 2 aromatic rings. The molecule has 0 aliphatic rings. The molecule has 1 aromatic heterocycles. The molecule has 0 spiro atoms. The van der Waals surface area contributed by atoms with Crippen molar-refractivity contribution in [3.63, 3.8) is 0 Å². The van der Waals surface area contributed by atoms with Crippen LogP contribution in [0.25, 0.3) is 11.0 Å². The molecule has 2 rings (SSSR count). The molecule has 2 nitrogen and oxygen atoms in total. The van der Waals surface area contributed by atoms with Gasteiger partial charge in [0.2, 0.25) is 0 Å². The van der Waals surface area contributed by atoms with Gasteiger partial charge in [-0.05, 0) is 30.9 Å². The van der Waals surface area contributed by atoms with Crippen LogP contribution in [-0.4, -0.2) is 21.1 Å². The van der Waals surface area contributed by atoms with Gasteiger partial charge in [-0.3, -0.25) is 0 Å². The number of thioether (sulfide) groups is 1. The van der Waals surface area contributed by atoms with Gasteiger partial charge in [0.25, 0.3) is 0 Å². The minimum absolute atomic E-state index is 0.130. The highest BCUT2D eigenvalue weighted by Gasteiger charge is 2.31. The lowest BCUT2D eigenvalue weighted by atomic mass is 10.2. The highest BCUT2D eigenvalue weighted by atomic mass is 35.5. The number of nitrogens with zero attached hydrogens (tertiary/aromatic N) is 2. The van der Waals surface area contributed by atoms with E-state index in [1.54, 1.807) is 11.8 Å². The summed E-state index contributed by atoms with van der Waals surface area (Å²) in [6, 6.07) is 3.79. The van der Waals surface area contributed by atoms with Gasteiger partial charge >= 0.3 is 6.18 Å². The summed E-state index contributed by atoms with van der Waals surface area (Å²) in [7, 11) is 0. The first-order chi connectivity index (χ1) is 9.88. The summed E-state index contributed by atoms with van der Waals surface area (Å²) in [6.07, 6.45) is -4.36. The number of rotatable bonds is 5. The van der Waals surface area contributed by atoms with Crippen molar-refractivity contribution in [2.45, 2.75) is 31.9 Å². The van der Waals surface area contributed by atoms with Crippen LogP contribution in [0.4, 0.5) is 13.2 Å². The summed E-state index contributed by atoms with van der Waals surface area (Å²) in [4.78, 5) is 4.26. The zero-order valence-corrected chi connectivity index (χ0v) is 13.3. The normalized spacial score (nSPS) is 13.8. The lowest BCUT2D eigenvalue weighted by Crippen LogP contribution is -2.11. The lowest BCUT2D eigenvalue weighted by Gasteiger charge is -2.16. The predicted molar refractivity (Wildman–Crippen MR) is 82.0 cm³/mol. The molecule has 0 bridgehead atoms. The molecule has 0 fully saturated rings. The molecule has 1 atom stereocenters. The summed E-state index contributed by atoms with van der Waals surface area (Å²) in [6.45, 7) is 4.10. The van der Waals surface area contributed by atoms with Gasteiger partial charge in [-0.15, -0.1) is 11.6 Å². The maximum atomic E-state index is 12.8. The Hall–Kier alpha value is -0.880. The highest BCUT2D eigenvalue weighted by molar-refractivity contribution is 7.99. The summed E-state index contributed by atoms with van der Waals surface area (Å²) in [5.41, 5.74) is 0.355. The predicted octanol–water partition coefficient (Wildman–Crippen LogP) is 5.11. The third kappa shape index (κ3) is 3.48. The minimum Gasteiger partial charge on any atom is -0.323 e. The van der Waals surface area contributed by atoms with E-state index >= 15 is 0 Å². The Morgan fingerprint density at radius 1 is 1.38 bits per heavy atom. The molecule has 21 heavy (non-hydrogen) atoms. The summed E-state index contributed by atoms with van der Waals surface area (Å²) < 4.78 is 40.2. The number of fused-ring (bicyclic) bond motifs is 1. The van der Waals surface area contributed by atoms with Gasteiger partial charge in [0.1, 0.15) is 5.82 Å². The molecule has 116 valence electrons. The molecule has 0 aliphatic heterocycles. The monoisotopic (exact) mass is 336 g/mol. The maximum absolute atomic E-state index is 12.8. The maximum Gasteiger partial charge on any atom is 0.416 e. The van der Waals surface area contributed by atoms with E-state index in [-0.39, 0.29) is 11.9 Å². The van der Waals surface area contributed by atoms with Crippen molar-refractivity contribution in [1.29, 1.82) is 0 Å². The molecule has 1 unspecified atom stereocenters. The van der Waals surface area contributed by atoms with Crippen molar-refractivity contribution in [2.75, 3.05) is 11.5 Å². The van der Waals surface area contributed by atoms with Crippen molar-refractivity contribution in [3.8, 4) is 0 Å². The quantitative estimate of drug-likeness (QED) is 0.706. The van der Waals surface area contributed by atoms with Gasteiger partial charge in [0.05, 0.1) is 22.5 Å². The summed E-state index contributed by atoms with van der Waals surface area (Å²) in [5.74, 6) is 2.64. The second-order valence-electron chi connectivity index (χ2n) is 4.74. The molecule has 0 saturated carbocycles.